The average Bonchev–Trinajstić information content (AvgIpc) is 3.20. The molecule has 0 atom stereocenters. The molecule has 2 aromatic carbocycles. The molecule has 1 aromatic heterocycles. The molecule has 0 N–H and O–H groups in total. The summed E-state index contributed by atoms with van der Waals surface area (Å²) in [6.07, 6.45) is 2.43. The van der Waals surface area contributed by atoms with Gasteiger partial charge in [-0.2, -0.15) is 0 Å². The van der Waals surface area contributed by atoms with Crippen molar-refractivity contribution < 1.29 is 14.3 Å². The summed E-state index contributed by atoms with van der Waals surface area (Å²) in [5.41, 5.74) is 3.22. The monoisotopic (exact) mass is 336 g/mol. The number of fused-ring (bicyclic) bond motifs is 2. The SMILES string of the molecule is CN(Cc1ccc2c(c1)OCO2)C(=O)Cc1cn(C)c2ccccc12. The summed E-state index contributed by atoms with van der Waals surface area (Å²) in [5, 5.41) is 1.13. The number of likely N-dealkylation sites (N-methyl/N-ethyl adjacent to an activating group) is 1. The number of carbonyl (C=O) groups excluding carboxylic acids is 1. The third kappa shape index (κ3) is 2.93. The van der Waals surface area contributed by atoms with E-state index in [2.05, 4.69) is 16.7 Å². The third-order valence-electron chi connectivity index (χ3n) is 4.60. The Bertz CT molecular complexity index is 945. The number of benzene rings is 2. The van der Waals surface area contributed by atoms with Gasteiger partial charge in [-0.05, 0) is 29.3 Å². The van der Waals surface area contributed by atoms with E-state index in [-0.39, 0.29) is 12.7 Å². The largest absolute Gasteiger partial charge is 0.454 e. The van der Waals surface area contributed by atoms with E-state index in [1.807, 2.05) is 50.6 Å². The van der Waals surface area contributed by atoms with Crippen LogP contribution < -0.4 is 9.47 Å². The molecule has 0 bridgehead atoms. The van der Waals surface area contributed by atoms with Gasteiger partial charge in [0.25, 0.3) is 0 Å². The van der Waals surface area contributed by atoms with Crippen molar-refractivity contribution in [2.45, 2.75) is 13.0 Å². The number of aryl methyl sites for hydroxylation is 1. The number of aromatic nitrogens is 1. The van der Waals surface area contributed by atoms with Crippen molar-refractivity contribution in [3.05, 3.63) is 59.8 Å². The van der Waals surface area contributed by atoms with Crippen LogP contribution in [0.2, 0.25) is 0 Å². The molecule has 5 heteroatoms. The van der Waals surface area contributed by atoms with Gasteiger partial charge >= 0.3 is 0 Å². The second-order valence-electron chi connectivity index (χ2n) is 6.40. The van der Waals surface area contributed by atoms with Crippen molar-refractivity contribution in [1.82, 2.24) is 9.47 Å². The Morgan fingerprint density at radius 2 is 1.96 bits per heavy atom. The Labute approximate surface area is 146 Å². The Morgan fingerprint density at radius 1 is 1.16 bits per heavy atom. The lowest BCUT2D eigenvalue weighted by molar-refractivity contribution is -0.129. The topological polar surface area (TPSA) is 43.7 Å². The average molecular weight is 336 g/mol. The zero-order chi connectivity index (χ0) is 17.4. The zero-order valence-corrected chi connectivity index (χ0v) is 14.4. The summed E-state index contributed by atoms with van der Waals surface area (Å²) in [5.74, 6) is 1.59. The zero-order valence-electron chi connectivity index (χ0n) is 14.4. The van der Waals surface area contributed by atoms with Crippen LogP contribution in [0.3, 0.4) is 0 Å². The fraction of sp³-hybridized carbons (Fsp3) is 0.250. The predicted molar refractivity (Wildman–Crippen MR) is 95.7 cm³/mol. The minimum absolute atomic E-state index is 0.0917. The molecule has 0 fully saturated rings. The van der Waals surface area contributed by atoms with E-state index in [1.165, 1.54) is 0 Å². The van der Waals surface area contributed by atoms with Gasteiger partial charge in [0.2, 0.25) is 12.7 Å². The lowest BCUT2D eigenvalue weighted by Gasteiger charge is -2.17. The highest BCUT2D eigenvalue weighted by atomic mass is 16.7. The van der Waals surface area contributed by atoms with Crippen molar-refractivity contribution >= 4 is 16.8 Å². The Balaban J connectivity index is 1.48. The molecule has 4 rings (SSSR count). The lowest BCUT2D eigenvalue weighted by Crippen LogP contribution is -2.27. The molecule has 128 valence electrons. The van der Waals surface area contributed by atoms with E-state index in [0.29, 0.717) is 13.0 Å². The standard InChI is InChI=1S/C20H20N2O3/c1-21-12-15(16-5-3-4-6-17(16)21)10-20(23)22(2)11-14-7-8-18-19(9-14)25-13-24-18/h3-9,12H,10-11,13H2,1-2H3. The van der Waals surface area contributed by atoms with Crippen molar-refractivity contribution in [3.8, 4) is 11.5 Å². The summed E-state index contributed by atoms with van der Waals surface area (Å²) >= 11 is 0. The highest BCUT2D eigenvalue weighted by Crippen LogP contribution is 2.32. The van der Waals surface area contributed by atoms with Crippen LogP contribution in [0.5, 0.6) is 11.5 Å². The predicted octanol–water partition coefficient (Wildman–Crippen LogP) is 3.11. The first-order valence-electron chi connectivity index (χ1n) is 8.27. The first kappa shape index (κ1) is 15.6. The molecule has 25 heavy (non-hydrogen) atoms. The van der Waals surface area contributed by atoms with Gasteiger partial charge in [0.1, 0.15) is 0 Å². The van der Waals surface area contributed by atoms with Crippen molar-refractivity contribution in [3.63, 3.8) is 0 Å². The Kier molecular flexibility index (Phi) is 3.84. The molecule has 0 radical (unpaired) electrons. The number of carbonyl (C=O) groups is 1. The van der Waals surface area contributed by atoms with Gasteiger partial charge in [0.05, 0.1) is 6.42 Å². The molecule has 3 aromatic rings. The van der Waals surface area contributed by atoms with Crippen molar-refractivity contribution in [2.75, 3.05) is 13.8 Å². The van der Waals surface area contributed by atoms with E-state index in [4.69, 9.17) is 9.47 Å². The molecule has 1 amide bonds. The van der Waals surface area contributed by atoms with Gasteiger partial charge < -0.3 is 18.9 Å². The molecule has 0 unspecified atom stereocenters. The normalized spacial score (nSPS) is 12.6. The minimum Gasteiger partial charge on any atom is -0.454 e. The number of nitrogens with zero attached hydrogens (tertiary/aromatic N) is 2. The van der Waals surface area contributed by atoms with Gasteiger partial charge in [-0.1, -0.05) is 24.3 Å². The molecule has 5 nitrogen and oxygen atoms in total. The molecule has 1 aliphatic heterocycles. The number of para-hydroxylation sites is 1. The van der Waals surface area contributed by atoms with E-state index in [0.717, 1.165) is 33.5 Å². The third-order valence-corrected chi connectivity index (χ3v) is 4.60. The maximum Gasteiger partial charge on any atom is 0.231 e. The molecule has 0 saturated carbocycles. The quantitative estimate of drug-likeness (QED) is 0.735. The number of hydrogen-bond acceptors (Lipinski definition) is 3. The fourth-order valence-electron chi connectivity index (χ4n) is 3.27. The maximum absolute atomic E-state index is 12.7. The molecular formula is C20H20N2O3. The van der Waals surface area contributed by atoms with Crippen LogP contribution in [0.4, 0.5) is 0 Å². The number of ether oxygens (including phenoxy) is 2. The van der Waals surface area contributed by atoms with Crippen LogP contribution >= 0.6 is 0 Å². The smallest absolute Gasteiger partial charge is 0.231 e. The number of hydrogen-bond donors (Lipinski definition) is 0. The highest BCUT2D eigenvalue weighted by molar-refractivity contribution is 5.89. The van der Waals surface area contributed by atoms with Crippen molar-refractivity contribution in [2.24, 2.45) is 7.05 Å². The van der Waals surface area contributed by atoms with Crippen LogP contribution in [0.1, 0.15) is 11.1 Å². The molecule has 0 spiro atoms. The van der Waals surface area contributed by atoms with Crippen molar-refractivity contribution in [1.29, 1.82) is 0 Å². The summed E-state index contributed by atoms with van der Waals surface area (Å²) in [6, 6.07) is 13.9. The van der Waals surface area contributed by atoms with Gasteiger partial charge in [-0.15, -0.1) is 0 Å². The fourth-order valence-corrected chi connectivity index (χ4v) is 3.27. The van der Waals surface area contributed by atoms with Gasteiger partial charge in [-0.25, -0.2) is 0 Å². The van der Waals surface area contributed by atoms with Crippen LogP contribution in [0.15, 0.2) is 48.7 Å². The Hall–Kier alpha value is -2.95. The molecule has 0 aliphatic carbocycles. The van der Waals surface area contributed by atoms with Crippen LogP contribution in [0, 0.1) is 0 Å². The lowest BCUT2D eigenvalue weighted by atomic mass is 10.1. The van der Waals surface area contributed by atoms with Gasteiger partial charge in [-0.3, -0.25) is 4.79 Å². The summed E-state index contributed by atoms with van der Waals surface area (Å²) in [7, 11) is 3.84. The minimum atomic E-state index is 0.0917. The van der Waals surface area contributed by atoms with E-state index in [9.17, 15) is 4.79 Å². The van der Waals surface area contributed by atoms with Crippen LogP contribution in [-0.4, -0.2) is 29.2 Å². The van der Waals surface area contributed by atoms with Gasteiger partial charge in [0, 0.05) is 37.7 Å². The molecular weight excluding hydrogens is 316 g/mol. The van der Waals surface area contributed by atoms with Crippen LogP contribution in [0.25, 0.3) is 10.9 Å². The van der Waals surface area contributed by atoms with E-state index in [1.54, 1.807) is 4.90 Å². The Morgan fingerprint density at radius 3 is 2.84 bits per heavy atom. The first-order valence-corrected chi connectivity index (χ1v) is 8.27. The second-order valence-corrected chi connectivity index (χ2v) is 6.40. The molecule has 1 aliphatic rings. The first-order chi connectivity index (χ1) is 12.1. The van der Waals surface area contributed by atoms with Crippen LogP contribution in [-0.2, 0) is 24.8 Å². The number of amides is 1. The highest BCUT2D eigenvalue weighted by Gasteiger charge is 2.17. The summed E-state index contributed by atoms with van der Waals surface area (Å²) < 4.78 is 12.8. The maximum atomic E-state index is 12.7. The van der Waals surface area contributed by atoms with Gasteiger partial charge in [0.15, 0.2) is 11.5 Å². The summed E-state index contributed by atoms with van der Waals surface area (Å²) in [6.45, 7) is 0.800. The van der Waals surface area contributed by atoms with E-state index >= 15 is 0 Å². The second kappa shape index (κ2) is 6.16. The molecule has 0 saturated heterocycles. The number of rotatable bonds is 4. The van der Waals surface area contributed by atoms with E-state index < -0.39 is 0 Å². The molecule has 2 heterocycles. The summed E-state index contributed by atoms with van der Waals surface area (Å²) in [4.78, 5) is 14.4.